The molecule has 1 aliphatic rings. The van der Waals surface area contributed by atoms with Gasteiger partial charge in [0.2, 0.25) is 0 Å². The quantitative estimate of drug-likeness (QED) is 0.842. The minimum absolute atomic E-state index is 0.0926. The van der Waals surface area contributed by atoms with Gasteiger partial charge in [0.15, 0.2) is 0 Å². The lowest BCUT2D eigenvalue weighted by Gasteiger charge is -2.03. The molecule has 0 radical (unpaired) electrons. The summed E-state index contributed by atoms with van der Waals surface area (Å²) >= 11 is 0. The molecule has 0 saturated carbocycles. The predicted molar refractivity (Wildman–Crippen MR) is 71.1 cm³/mol. The summed E-state index contributed by atoms with van der Waals surface area (Å²) in [6.07, 6.45) is 3.15. The smallest absolute Gasteiger partial charge is 0.0682 e. The van der Waals surface area contributed by atoms with E-state index in [0.29, 0.717) is 0 Å². The normalized spacial score (nSPS) is 15.4. The molecule has 0 fully saturated rings. The van der Waals surface area contributed by atoms with E-state index in [9.17, 15) is 0 Å². The molecular formula is C15H19NO. The Morgan fingerprint density at radius 3 is 2.88 bits per heavy atom. The van der Waals surface area contributed by atoms with Gasteiger partial charge in [-0.2, -0.15) is 0 Å². The van der Waals surface area contributed by atoms with Gasteiger partial charge in [-0.25, -0.2) is 0 Å². The van der Waals surface area contributed by atoms with Crippen molar-refractivity contribution in [1.82, 2.24) is 0 Å². The molecule has 0 spiro atoms. The molecule has 0 bridgehead atoms. The number of benzene rings is 1. The first kappa shape index (κ1) is 12.1. The van der Waals surface area contributed by atoms with Crippen LogP contribution in [0.15, 0.2) is 40.5 Å². The molecular weight excluding hydrogens is 210 g/mol. The fourth-order valence-corrected chi connectivity index (χ4v) is 2.17. The van der Waals surface area contributed by atoms with Gasteiger partial charge in [0.1, 0.15) is 0 Å². The average molecular weight is 229 g/mol. The number of hydrogen-bond acceptors (Lipinski definition) is 2. The van der Waals surface area contributed by atoms with E-state index in [-0.39, 0.29) is 6.61 Å². The number of hydrogen-bond donors (Lipinski definition) is 1. The first-order valence-corrected chi connectivity index (χ1v) is 6.21. The molecule has 2 heteroatoms. The van der Waals surface area contributed by atoms with Gasteiger partial charge in [-0.15, -0.1) is 0 Å². The SMILES string of the molecule is CCCC1=C(C)CC(c2cccc(CO)c2)=N1. The summed E-state index contributed by atoms with van der Waals surface area (Å²) in [5.41, 5.74) is 5.86. The summed E-state index contributed by atoms with van der Waals surface area (Å²) in [6.45, 7) is 4.44. The molecule has 1 aromatic carbocycles. The second-order valence-corrected chi connectivity index (χ2v) is 4.57. The third-order valence-corrected chi connectivity index (χ3v) is 3.12. The highest BCUT2D eigenvalue weighted by molar-refractivity contribution is 6.04. The summed E-state index contributed by atoms with van der Waals surface area (Å²) in [7, 11) is 0. The number of aliphatic hydroxyl groups is 1. The van der Waals surface area contributed by atoms with Gasteiger partial charge in [0.25, 0.3) is 0 Å². The van der Waals surface area contributed by atoms with E-state index >= 15 is 0 Å². The fraction of sp³-hybridized carbons (Fsp3) is 0.400. The van der Waals surface area contributed by atoms with Crippen LogP contribution in [0.2, 0.25) is 0 Å². The summed E-state index contributed by atoms with van der Waals surface area (Å²) in [4.78, 5) is 4.72. The molecule has 0 saturated heterocycles. The van der Waals surface area contributed by atoms with Gasteiger partial charge in [-0.1, -0.05) is 31.5 Å². The molecule has 1 aromatic rings. The minimum atomic E-state index is 0.0926. The third kappa shape index (κ3) is 2.64. The molecule has 0 aliphatic carbocycles. The summed E-state index contributed by atoms with van der Waals surface area (Å²) in [6, 6.07) is 8.02. The first-order valence-electron chi connectivity index (χ1n) is 6.21. The fourth-order valence-electron chi connectivity index (χ4n) is 2.17. The van der Waals surface area contributed by atoms with Crippen LogP contribution in [-0.4, -0.2) is 10.8 Å². The van der Waals surface area contributed by atoms with Crippen LogP contribution >= 0.6 is 0 Å². The molecule has 0 amide bonds. The Kier molecular flexibility index (Phi) is 3.75. The topological polar surface area (TPSA) is 32.6 Å². The van der Waals surface area contributed by atoms with E-state index in [1.165, 1.54) is 11.3 Å². The molecule has 2 rings (SSSR count). The largest absolute Gasteiger partial charge is 0.392 e. The predicted octanol–water partition coefficient (Wildman–Crippen LogP) is 3.45. The minimum Gasteiger partial charge on any atom is -0.392 e. The van der Waals surface area contributed by atoms with Crippen LogP contribution in [0.25, 0.3) is 0 Å². The van der Waals surface area contributed by atoms with E-state index in [4.69, 9.17) is 10.1 Å². The maximum Gasteiger partial charge on any atom is 0.0682 e. The van der Waals surface area contributed by atoms with Gasteiger partial charge in [0, 0.05) is 12.1 Å². The molecule has 0 atom stereocenters. The van der Waals surface area contributed by atoms with Crippen molar-refractivity contribution in [3.63, 3.8) is 0 Å². The van der Waals surface area contributed by atoms with Crippen LogP contribution < -0.4 is 0 Å². The Labute approximate surface area is 103 Å². The van der Waals surface area contributed by atoms with Crippen LogP contribution in [-0.2, 0) is 6.61 Å². The van der Waals surface area contributed by atoms with Crippen LogP contribution in [0.3, 0.4) is 0 Å². The van der Waals surface area contributed by atoms with E-state index in [1.807, 2.05) is 18.2 Å². The highest BCUT2D eigenvalue weighted by Gasteiger charge is 2.15. The van der Waals surface area contributed by atoms with Gasteiger partial charge >= 0.3 is 0 Å². The lowest BCUT2D eigenvalue weighted by Crippen LogP contribution is -1.98. The highest BCUT2D eigenvalue weighted by atomic mass is 16.3. The lowest BCUT2D eigenvalue weighted by molar-refractivity contribution is 0.282. The molecule has 0 aromatic heterocycles. The van der Waals surface area contributed by atoms with Crippen molar-refractivity contribution in [3.8, 4) is 0 Å². The van der Waals surface area contributed by atoms with E-state index < -0.39 is 0 Å². The Hall–Kier alpha value is -1.41. The van der Waals surface area contributed by atoms with Gasteiger partial charge < -0.3 is 5.11 Å². The molecule has 17 heavy (non-hydrogen) atoms. The molecule has 1 N–H and O–H groups in total. The standard InChI is InChI=1S/C15H19NO/c1-3-5-14-11(2)8-15(16-14)13-7-4-6-12(9-13)10-17/h4,6-7,9,17H,3,5,8,10H2,1-2H3. The molecule has 0 unspecified atom stereocenters. The third-order valence-electron chi connectivity index (χ3n) is 3.12. The summed E-state index contributed by atoms with van der Waals surface area (Å²) in [5.74, 6) is 0. The van der Waals surface area contributed by atoms with E-state index in [1.54, 1.807) is 0 Å². The van der Waals surface area contributed by atoms with Gasteiger partial charge in [0.05, 0.1) is 12.3 Å². The van der Waals surface area contributed by atoms with Crippen molar-refractivity contribution in [2.24, 2.45) is 4.99 Å². The van der Waals surface area contributed by atoms with Crippen LogP contribution in [0, 0.1) is 0 Å². The monoisotopic (exact) mass is 229 g/mol. The Morgan fingerprint density at radius 1 is 1.35 bits per heavy atom. The van der Waals surface area contributed by atoms with Crippen molar-refractivity contribution in [2.75, 3.05) is 0 Å². The highest BCUT2D eigenvalue weighted by Crippen LogP contribution is 2.26. The maximum absolute atomic E-state index is 9.14. The summed E-state index contributed by atoms with van der Waals surface area (Å²) < 4.78 is 0. The van der Waals surface area contributed by atoms with Gasteiger partial charge in [-0.3, -0.25) is 4.99 Å². The molecule has 90 valence electrons. The Bertz CT molecular complexity index is 472. The van der Waals surface area contributed by atoms with Crippen molar-refractivity contribution >= 4 is 5.71 Å². The van der Waals surface area contributed by atoms with Crippen molar-refractivity contribution in [2.45, 2.75) is 39.7 Å². The number of aliphatic hydroxyl groups excluding tert-OH is 1. The van der Waals surface area contributed by atoms with Gasteiger partial charge in [-0.05, 0) is 36.1 Å². The Morgan fingerprint density at radius 2 is 2.18 bits per heavy atom. The second-order valence-electron chi connectivity index (χ2n) is 4.57. The molecule has 2 nitrogen and oxygen atoms in total. The average Bonchev–Trinajstić information content (AvgIpc) is 2.72. The zero-order valence-corrected chi connectivity index (χ0v) is 10.5. The maximum atomic E-state index is 9.14. The molecule has 1 aliphatic heterocycles. The zero-order chi connectivity index (χ0) is 12.3. The summed E-state index contributed by atoms with van der Waals surface area (Å²) in [5, 5.41) is 9.14. The number of rotatable bonds is 4. The number of nitrogens with zero attached hydrogens (tertiary/aromatic N) is 1. The molecule has 1 heterocycles. The van der Waals surface area contributed by atoms with Crippen molar-refractivity contribution in [1.29, 1.82) is 0 Å². The Balaban J connectivity index is 2.23. The number of allylic oxidation sites excluding steroid dienone is 2. The van der Waals surface area contributed by atoms with E-state index in [0.717, 1.165) is 36.1 Å². The van der Waals surface area contributed by atoms with Crippen LogP contribution in [0.1, 0.15) is 44.2 Å². The first-order chi connectivity index (χ1) is 8.24. The van der Waals surface area contributed by atoms with Crippen molar-refractivity contribution in [3.05, 3.63) is 46.7 Å². The van der Waals surface area contributed by atoms with Crippen LogP contribution in [0.5, 0.6) is 0 Å². The second kappa shape index (κ2) is 5.28. The van der Waals surface area contributed by atoms with Crippen LogP contribution in [0.4, 0.5) is 0 Å². The van der Waals surface area contributed by atoms with E-state index in [2.05, 4.69) is 19.9 Å². The lowest BCUT2D eigenvalue weighted by atomic mass is 10.0. The van der Waals surface area contributed by atoms with Crippen molar-refractivity contribution < 1.29 is 5.11 Å². The zero-order valence-electron chi connectivity index (χ0n) is 10.5. The number of aliphatic imine (C=N–C) groups is 1.